The van der Waals surface area contributed by atoms with Crippen molar-refractivity contribution >= 4 is 52.1 Å². The Morgan fingerprint density at radius 1 is 0.971 bits per heavy atom. The molecule has 2 saturated heterocycles. The average Bonchev–Trinajstić information content (AvgIpc) is 2.85. The molecular weight excluding hydrogens is 493 g/mol. The molecule has 2 aliphatic rings. The number of halogens is 3. The molecule has 1 N–H and O–H groups in total. The zero-order chi connectivity index (χ0) is 24.2. The van der Waals surface area contributed by atoms with Gasteiger partial charge in [-0.2, -0.15) is 0 Å². The van der Waals surface area contributed by atoms with Crippen LogP contribution >= 0.6 is 34.8 Å². The highest BCUT2D eigenvalue weighted by Gasteiger charge is 2.31. The number of benzene rings is 2. The van der Waals surface area contributed by atoms with Gasteiger partial charge in [0.25, 0.3) is 0 Å². The fourth-order valence-corrected chi connectivity index (χ4v) is 5.68. The molecule has 34 heavy (non-hydrogen) atoms. The predicted octanol–water partition coefficient (Wildman–Crippen LogP) is 6.67. The van der Waals surface area contributed by atoms with E-state index in [1.807, 2.05) is 36.1 Å². The van der Waals surface area contributed by atoms with E-state index in [9.17, 15) is 4.79 Å². The van der Waals surface area contributed by atoms with Gasteiger partial charge < -0.3 is 19.9 Å². The monoisotopic (exact) mass is 523 g/mol. The second-order valence-electron chi connectivity index (χ2n) is 9.22. The van der Waals surface area contributed by atoms with Crippen LogP contribution in [0.5, 0.6) is 0 Å². The van der Waals surface area contributed by atoms with E-state index in [4.69, 9.17) is 39.5 Å². The first-order chi connectivity index (χ1) is 16.4. The molecule has 0 radical (unpaired) electrons. The van der Waals surface area contributed by atoms with Crippen molar-refractivity contribution in [3.05, 3.63) is 57.0 Å². The number of nitrogens with zero attached hydrogens (tertiary/aromatic N) is 2. The highest BCUT2D eigenvalue weighted by Crippen LogP contribution is 2.34. The van der Waals surface area contributed by atoms with Gasteiger partial charge in [-0.1, -0.05) is 40.9 Å². The SMILES string of the molecule is COC1CCN(C(=O)C2CCN(c3ccc(Cl)c(N[C@H](C)c4ccc(Cl)cc4Cl)c3)CC2)CC1. The van der Waals surface area contributed by atoms with Gasteiger partial charge in [-0.3, -0.25) is 4.79 Å². The van der Waals surface area contributed by atoms with E-state index in [2.05, 4.69) is 16.3 Å². The van der Waals surface area contributed by atoms with Crippen molar-refractivity contribution in [1.29, 1.82) is 0 Å². The van der Waals surface area contributed by atoms with Gasteiger partial charge in [0.15, 0.2) is 0 Å². The molecule has 2 fully saturated rings. The standard InChI is InChI=1S/C26H32Cl3N3O2/c1-17(22-5-3-19(27)15-24(22)29)30-25-16-20(4-6-23(25)28)31-11-7-18(8-12-31)26(33)32-13-9-21(34-2)10-14-32/h3-6,15-18,21,30H,7-14H2,1-2H3/t17-/m1/s1. The van der Waals surface area contributed by atoms with Crippen molar-refractivity contribution in [2.45, 2.75) is 44.8 Å². The van der Waals surface area contributed by atoms with Crippen LogP contribution in [0.3, 0.4) is 0 Å². The number of nitrogens with one attached hydrogen (secondary N) is 1. The molecule has 0 spiro atoms. The Labute approximate surface area is 217 Å². The lowest BCUT2D eigenvalue weighted by Gasteiger charge is -2.38. The zero-order valence-corrected chi connectivity index (χ0v) is 22.0. The highest BCUT2D eigenvalue weighted by atomic mass is 35.5. The molecule has 1 atom stereocenters. The Bertz CT molecular complexity index is 1000. The van der Waals surface area contributed by atoms with Gasteiger partial charge in [-0.25, -0.2) is 0 Å². The van der Waals surface area contributed by atoms with Crippen LogP contribution in [0.1, 0.15) is 44.2 Å². The molecular formula is C26H32Cl3N3O2. The molecule has 1 amide bonds. The van der Waals surface area contributed by atoms with Crippen LogP contribution in [0, 0.1) is 5.92 Å². The Morgan fingerprint density at radius 2 is 1.68 bits per heavy atom. The lowest BCUT2D eigenvalue weighted by atomic mass is 9.93. The number of rotatable bonds is 6. The third-order valence-electron chi connectivity index (χ3n) is 7.05. The van der Waals surface area contributed by atoms with Crippen molar-refractivity contribution in [2.75, 3.05) is 43.5 Å². The molecule has 0 bridgehead atoms. The van der Waals surface area contributed by atoms with Crippen LogP contribution in [-0.2, 0) is 9.53 Å². The lowest BCUT2D eigenvalue weighted by molar-refractivity contribution is -0.138. The maximum absolute atomic E-state index is 13.0. The van der Waals surface area contributed by atoms with Crippen LogP contribution in [0.25, 0.3) is 0 Å². The van der Waals surface area contributed by atoms with Crippen molar-refractivity contribution in [3.8, 4) is 0 Å². The fraction of sp³-hybridized carbons (Fsp3) is 0.500. The van der Waals surface area contributed by atoms with E-state index in [1.165, 1.54) is 0 Å². The van der Waals surface area contributed by atoms with Gasteiger partial charge >= 0.3 is 0 Å². The number of hydrogen-bond acceptors (Lipinski definition) is 4. The maximum atomic E-state index is 13.0. The summed E-state index contributed by atoms with van der Waals surface area (Å²) in [5, 5.41) is 5.38. The third-order valence-corrected chi connectivity index (χ3v) is 7.94. The van der Waals surface area contributed by atoms with E-state index < -0.39 is 0 Å². The zero-order valence-electron chi connectivity index (χ0n) is 19.7. The minimum absolute atomic E-state index is 0.0388. The van der Waals surface area contributed by atoms with Crippen LogP contribution in [0.15, 0.2) is 36.4 Å². The topological polar surface area (TPSA) is 44.8 Å². The molecule has 0 aromatic heterocycles. The Morgan fingerprint density at radius 3 is 2.32 bits per heavy atom. The van der Waals surface area contributed by atoms with Crippen LogP contribution in [-0.4, -0.2) is 50.2 Å². The van der Waals surface area contributed by atoms with Crippen LogP contribution < -0.4 is 10.2 Å². The molecule has 4 rings (SSSR count). The number of likely N-dealkylation sites (tertiary alicyclic amines) is 1. The Balaban J connectivity index is 1.36. The van der Waals surface area contributed by atoms with Gasteiger partial charge in [0, 0.05) is 54.9 Å². The van der Waals surface area contributed by atoms with Crippen molar-refractivity contribution in [2.24, 2.45) is 5.92 Å². The first kappa shape index (κ1) is 25.4. The molecule has 8 heteroatoms. The molecule has 5 nitrogen and oxygen atoms in total. The van der Waals surface area contributed by atoms with Crippen molar-refractivity contribution in [1.82, 2.24) is 4.90 Å². The van der Waals surface area contributed by atoms with Crippen LogP contribution in [0.2, 0.25) is 15.1 Å². The molecule has 184 valence electrons. The summed E-state index contributed by atoms with van der Waals surface area (Å²) in [5.74, 6) is 0.411. The Hall–Kier alpha value is -1.66. The molecule has 0 unspecified atom stereocenters. The molecule has 0 saturated carbocycles. The highest BCUT2D eigenvalue weighted by molar-refractivity contribution is 6.35. The fourth-order valence-electron chi connectivity index (χ4n) is 4.94. The number of amides is 1. The smallest absolute Gasteiger partial charge is 0.225 e. The largest absolute Gasteiger partial charge is 0.381 e. The van der Waals surface area contributed by atoms with E-state index in [0.717, 1.165) is 68.8 Å². The first-order valence-corrected chi connectivity index (χ1v) is 13.1. The summed E-state index contributed by atoms with van der Waals surface area (Å²) in [6, 6.07) is 11.5. The average molecular weight is 525 g/mol. The van der Waals surface area contributed by atoms with Gasteiger partial charge in [-0.15, -0.1) is 0 Å². The first-order valence-electron chi connectivity index (χ1n) is 11.9. The van der Waals surface area contributed by atoms with Crippen molar-refractivity contribution in [3.63, 3.8) is 0 Å². The molecule has 2 aliphatic heterocycles. The predicted molar refractivity (Wildman–Crippen MR) is 141 cm³/mol. The summed E-state index contributed by atoms with van der Waals surface area (Å²) in [5.41, 5.74) is 2.92. The summed E-state index contributed by atoms with van der Waals surface area (Å²) >= 11 is 18.9. The Kier molecular flexibility index (Phi) is 8.52. The second-order valence-corrected chi connectivity index (χ2v) is 10.5. The number of piperidine rings is 2. The minimum atomic E-state index is -0.0388. The number of methoxy groups -OCH3 is 1. The van der Waals surface area contributed by atoms with Gasteiger partial charge in [-0.05, 0) is 68.5 Å². The molecule has 2 aromatic carbocycles. The summed E-state index contributed by atoms with van der Waals surface area (Å²) < 4.78 is 5.43. The van der Waals surface area contributed by atoms with E-state index in [1.54, 1.807) is 13.2 Å². The summed E-state index contributed by atoms with van der Waals surface area (Å²) in [6.45, 7) is 5.36. The van der Waals surface area contributed by atoms with Gasteiger partial charge in [0.1, 0.15) is 0 Å². The van der Waals surface area contributed by atoms with Crippen molar-refractivity contribution < 1.29 is 9.53 Å². The van der Waals surface area contributed by atoms with E-state index in [0.29, 0.717) is 21.0 Å². The normalized spacial score (nSPS) is 18.7. The lowest BCUT2D eigenvalue weighted by Crippen LogP contribution is -2.46. The third kappa shape index (κ3) is 5.93. The van der Waals surface area contributed by atoms with Crippen LogP contribution in [0.4, 0.5) is 11.4 Å². The molecule has 2 aromatic rings. The second kappa shape index (κ2) is 11.4. The summed E-state index contributed by atoms with van der Waals surface area (Å²) in [6.07, 6.45) is 3.89. The minimum Gasteiger partial charge on any atom is -0.381 e. The number of hydrogen-bond donors (Lipinski definition) is 1. The van der Waals surface area contributed by atoms with E-state index >= 15 is 0 Å². The number of carbonyl (C=O) groups is 1. The van der Waals surface area contributed by atoms with E-state index in [-0.39, 0.29) is 18.1 Å². The van der Waals surface area contributed by atoms with Gasteiger partial charge in [0.05, 0.1) is 22.9 Å². The quantitative estimate of drug-likeness (QED) is 0.458. The summed E-state index contributed by atoms with van der Waals surface area (Å²) in [4.78, 5) is 17.4. The number of carbonyl (C=O) groups excluding carboxylic acids is 1. The number of ether oxygens (including phenoxy) is 1. The molecule has 0 aliphatic carbocycles. The maximum Gasteiger partial charge on any atom is 0.225 e. The summed E-state index contributed by atoms with van der Waals surface area (Å²) in [7, 11) is 1.75. The molecule has 2 heterocycles. The number of anilines is 2. The van der Waals surface area contributed by atoms with Gasteiger partial charge in [0.2, 0.25) is 5.91 Å².